The Labute approximate surface area is 129 Å². The zero-order valence-electron chi connectivity index (χ0n) is 12.7. The summed E-state index contributed by atoms with van der Waals surface area (Å²) < 4.78 is 0. The highest BCUT2D eigenvalue weighted by Crippen LogP contribution is 2.10. The van der Waals surface area contributed by atoms with Crippen LogP contribution in [0.3, 0.4) is 0 Å². The summed E-state index contributed by atoms with van der Waals surface area (Å²) >= 11 is 1.70. The molecule has 1 aromatic carbocycles. The summed E-state index contributed by atoms with van der Waals surface area (Å²) in [5.41, 5.74) is 1.05. The van der Waals surface area contributed by atoms with E-state index in [1.807, 2.05) is 12.3 Å². The lowest BCUT2D eigenvalue weighted by atomic mass is 10.0. The fraction of sp³-hybridized carbons (Fsp3) is 0.467. The average molecular weight is 310 g/mol. The number of urea groups is 1. The molecule has 0 aliphatic carbocycles. The molecule has 0 fully saturated rings. The van der Waals surface area contributed by atoms with Crippen molar-refractivity contribution in [2.45, 2.75) is 6.42 Å². The van der Waals surface area contributed by atoms with Crippen molar-refractivity contribution in [2.24, 2.45) is 0 Å². The van der Waals surface area contributed by atoms with Crippen molar-refractivity contribution in [2.75, 3.05) is 39.2 Å². The van der Waals surface area contributed by atoms with Gasteiger partial charge in [-0.25, -0.2) is 9.59 Å². The SMILES string of the molecule is CSCCN(C)C(=O)N(C)CCc1ccccc1C(=O)O. The van der Waals surface area contributed by atoms with Gasteiger partial charge in [0.05, 0.1) is 5.56 Å². The van der Waals surface area contributed by atoms with E-state index in [1.165, 1.54) is 0 Å². The molecule has 0 bridgehead atoms. The van der Waals surface area contributed by atoms with E-state index in [4.69, 9.17) is 5.11 Å². The molecule has 0 saturated heterocycles. The van der Waals surface area contributed by atoms with E-state index in [0.717, 1.165) is 11.3 Å². The van der Waals surface area contributed by atoms with Crippen molar-refractivity contribution in [1.82, 2.24) is 9.80 Å². The van der Waals surface area contributed by atoms with Crippen LogP contribution in [0.4, 0.5) is 4.79 Å². The predicted octanol–water partition coefficient (Wildman–Crippen LogP) is 2.27. The normalized spacial score (nSPS) is 10.2. The molecular weight excluding hydrogens is 288 g/mol. The first-order valence-corrected chi connectivity index (χ1v) is 8.13. The van der Waals surface area contributed by atoms with Gasteiger partial charge in [-0.1, -0.05) is 18.2 Å². The number of amides is 2. The molecule has 0 spiro atoms. The van der Waals surface area contributed by atoms with Crippen LogP contribution in [-0.4, -0.2) is 66.1 Å². The van der Waals surface area contributed by atoms with E-state index in [1.54, 1.807) is 53.9 Å². The van der Waals surface area contributed by atoms with E-state index in [0.29, 0.717) is 25.1 Å². The molecule has 0 atom stereocenters. The molecule has 1 N–H and O–H groups in total. The summed E-state index contributed by atoms with van der Waals surface area (Å²) in [7, 11) is 3.52. The third-order valence-corrected chi connectivity index (χ3v) is 3.84. The molecule has 0 radical (unpaired) electrons. The highest BCUT2D eigenvalue weighted by molar-refractivity contribution is 7.98. The number of carboxylic acid groups (broad SMARTS) is 1. The number of hydrogen-bond donors (Lipinski definition) is 1. The van der Waals surface area contributed by atoms with Crippen molar-refractivity contribution in [3.8, 4) is 0 Å². The third kappa shape index (κ3) is 5.30. The van der Waals surface area contributed by atoms with Gasteiger partial charge in [-0.15, -0.1) is 0 Å². The van der Waals surface area contributed by atoms with E-state index in [2.05, 4.69) is 0 Å². The van der Waals surface area contributed by atoms with Crippen LogP contribution in [0, 0.1) is 0 Å². The second kappa shape index (κ2) is 8.56. The minimum absolute atomic E-state index is 0.0446. The molecule has 6 heteroatoms. The fourth-order valence-electron chi connectivity index (χ4n) is 1.95. The highest BCUT2D eigenvalue weighted by Gasteiger charge is 2.15. The van der Waals surface area contributed by atoms with Gasteiger partial charge >= 0.3 is 12.0 Å². The fourth-order valence-corrected chi connectivity index (χ4v) is 2.40. The zero-order valence-corrected chi connectivity index (χ0v) is 13.5. The molecule has 0 aromatic heterocycles. The number of thioether (sulfide) groups is 1. The molecule has 0 aliphatic rings. The maximum atomic E-state index is 12.1. The Morgan fingerprint density at radius 1 is 1.14 bits per heavy atom. The Morgan fingerprint density at radius 2 is 1.76 bits per heavy atom. The topological polar surface area (TPSA) is 60.9 Å². The van der Waals surface area contributed by atoms with Crippen LogP contribution in [0.5, 0.6) is 0 Å². The van der Waals surface area contributed by atoms with E-state index in [9.17, 15) is 9.59 Å². The predicted molar refractivity (Wildman–Crippen MR) is 86.1 cm³/mol. The number of rotatable bonds is 7. The number of hydrogen-bond acceptors (Lipinski definition) is 3. The van der Waals surface area contributed by atoms with Crippen molar-refractivity contribution in [1.29, 1.82) is 0 Å². The quantitative estimate of drug-likeness (QED) is 0.839. The summed E-state index contributed by atoms with van der Waals surface area (Å²) in [4.78, 5) is 26.6. The summed E-state index contributed by atoms with van der Waals surface area (Å²) in [6.07, 6.45) is 2.53. The molecule has 2 amide bonds. The van der Waals surface area contributed by atoms with Gasteiger partial charge in [0.25, 0.3) is 0 Å². The lowest BCUT2D eigenvalue weighted by Crippen LogP contribution is -2.40. The summed E-state index contributed by atoms with van der Waals surface area (Å²) in [6.45, 7) is 1.20. The van der Waals surface area contributed by atoms with Crippen LogP contribution in [-0.2, 0) is 6.42 Å². The van der Waals surface area contributed by atoms with Crippen LogP contribution >= 0.6 is 11.8 Å². The Bertz CT molecular complexity index is 494. The maximum absolute atomic E-state index is 12.1. The number of likely N-dealkylation sites (N-methyl/N-ethyl adjacent to an activating group) is 1. The van der Waals surface area contributed by atoms with Gasteiger partial charge in [0.2, 0.25) is 0 Å². The molecule has 0 unspecified atom stereocenters. The summed E-state index contributed by atoms with van der Waals surface area (Å²) in [5.74, 6) is -0.0329. The van der Waals surface area contributed by atoms with Gasteiger partial charge in [0.1, 0.15) is 0 Å². The molecule has 0 heterocycles. The number of carboxylic acids is 1. The molecule has 0 saturated carbocycles. The first kappa shape index (κ1) is 17.4. The lowest BCUT2D eigenvalue weighted by Gasteiger charge is -2.25. The minimum Gasteiger partial charge on any atom is -0.478 e. The van der Waals surface area contributed by atoms with Crippen LogP contribution in [0.15, 0.2) is 24.3 Å². The monoisotopic (exact) mass is 310 g/mol. The Morgan fingerprint density at radius 3 is 2.38 bits per heavy atom. The van der Waals surface area contributed by atoms with Gasteiger partial charge in [-0.2, -0.15) is 11.8 Å². The van der Waals surface area contributed by atoms with E-state index in [-0.39, 0.29) is 6.03 Å². The standard InChI is InChI=1S/C15H22N2O3S/c1-16(15(20)17(2)10-11-21-3)9-8-12-6-4-5-7-13(12)14(18)19/h4-7H,8-11H2,1-3H3,(H,18,19). The molecule has 1 aromatic rings. The maximum Gasteiger partial charge on any atom is 0.335 e. The third-order valence-electron chi connectivity index (χ3n) is 3.25. The van der Waals surface area contributed by atoms with Crippen molar-refractivity contribution >= 4 is 23.8 Å². The minimum atomic E-state index is -0.934. The highest BCUT2D eigenvalue weighted by atomic mass is 32.2. The van der Waals surface area contributed by atoms with Gasteiger partial charge < -0.3 is 14.9 Å². The zero-order chi connectivity index (χ0) is 15.8. The van der Waals surface area contributed by atoms with E-state index >= 15 is 0 Å². The van der Waals surface area contributed by atoms with Crippen LogP contribution in [0.25, 0.3) is 0 Å². The van der Waals surface area contributed by atoms with Gasteiger partial charge in [0.15, 0.2) is 0 Å². The number of benzene rings is 1. The van der Waals surface area contributed by atoms with Crippen LogP contribution < -0.4 is 0 Å². The number of carbonyl (C=O) groups excluding carboxylic acids is 1. The first-order chi connectivity index (χ1) is 9.97. The molecule has 0 aliphatic heterocycles. The Balaban J connectivity index is 2.58. The lowest BCUT2D eigenvalue weighted by molar-refractivity contribution is 0.0695. The smallest absolute Gasteiger partial charge is 0.335 e. The summed E-state index contributed by atoms with van der Waals surface area (Å²) in [6, 6.07) is 6.85. The van der Waals surface area contributed by atoms with Crippen molar-refractivity contribution in [3.05, 3.63) is 35.4 Å². The summed E-state index contributed by atoms with van der Waals surface area (Å²) in [5, 5.41) is 9.13. The first-order valence-electron chi connectivity index (χ1n) is 6.73. The van der Waals surface area contributed by atoms with Crippen molar-refractivity contribution < 1.29 is 14.7 Å². The average Bonchev–Trinajstić information content (AvgIpc) is 2.49. The number of carbonyl (C=O) groups is 2. The van der Waals surface area contributed by atoms with Crippen LogP contribution in [0.1, 0.15) is 15.9 Å². The Kier molecular flexibility index (Phi) is 7.08. The molecule has 1 rings (SSSR count). The molecular formula is C15H22N2O3S. The van der Waals surface area contributed by atoms with Crippen LogP contribution in [0.2, 0.25) is 0 Å². The van der Waals surface area contributed by atoms with Crippen molar-refractivity contribution in [3.63, 3.8) is 0 Å². The molecule has 21 heavy (non-hydrogen) atoms. The van der Waals surface area contributed by atoms with Gasteiger partial charge in [0, 0.05) is 32.9 Å². The molecule has 116 valence electrons. The van der Waals surface area contributed by atoms with Gasteiger partial charge in [-0.3, -0.25) is 0 Å². The Hall–Kier alpha value is -1.69. The van der Waals surface area contributed by atoms with Gasteiger partial charge in [-0.05, 0) is 24.3 Å². The number of aromatic carboxylic acids is 1. The second-order valence-electron chi connectivity index (χ2n) is 4.83. The number of nitrogens with zero attached hydrogens (tertiary/aromatic N) is 2. The molecule has 5 nitrogen and oxygen atoms in total. The van der Waals surface area contributed by atoms with E-state index < -0.39 is 5.97 Å². The largest absolute Gasteiger partial charge is 0.478 e. The second-order valence-corrected chi connectivity index (χ2v) is 5.82.